The number of benzene rings is 2. The Morgan fingerprint density at radius 1 is 0.963 bits per heavy atom. The molecule has 3 N–H and O–H groups in total. The maximum absolute atomic E-state index is 6.34. The molecule has 0 bridgehead atoms. The molecule has 2 aromatic heterocycles. The van der Waals surface area contributed by atoms with Gasteiger partial charge in [-0.15, -0.1) is 0 Å². The Labute approximate surface area is 164 Å². The largest absolute Gasteiger partial charge is 0.361 e. The molecular weight excluding hydrogens is 377 g/mol. The molecule has 2 aromatic carbocycles. The summed E-state index contributed by atoms with van der Waals surface area (Å²) >= 11 is 6.34. The standard InChI is InChI=1S/C20H19ClN5P/c1-27(2)18-9-4-3-6-17(18)24-19-14(21)12-23-20(26-19)25-16-8-5-7-15-13(16)10-11-22-15/h3-12,22H,1-2H3,(H2,23,24,25,26). The predicted molar refractivity (Wildman–Crippen MR) is 117 cm³/mol. The molecule has 2 heterocycles. The zero-order valence-electron chi connectivity index (χ0n) is 15.0. The van der Waals surface area contributed by atoms with Crippen LogP contribution in [0.3, 0.4) is 0 Å². The fourth-order valence-electron chi connectivity index (χ4n) is 2.93. The summed E-state index contributed by atoms with van der Waals surface area (Å²) in [6.07, 6.45) is 3.52. The van der Waals surface area contributed by atoms with Crippen molar-refractivity contribution in [1.82, 2.24) is 15.0 Å². The van der Waals surface area contributed by atoms with Gasteiger partial charge in [0.05, 0.1) is 11.9 Å². The molecule has 0 saturated heterocycles. The molecule has 0 saturated carbocycles. The SMILES string of the molecule is CP(C)c1ccccc1Nc1nc(Nc2cccc3[nH]ccc23)ncc1Cl. The van der Waals surface area contributed by atoms with Crippen molar-refractivity contribution in [1.29, 1.82) is 0 Å². The minimum absolute atomic E-state index is 0.252. The molecule has 0 amide bonds. The summed E-state index contributed by atoms with van der Waals surface area (Å²) in [5.74, 6) is 1.07. The van der Waals surface area contributed by atoms with E-state index >= 15 is 0 Å². The van der Waals surface area contributed by atoms with Gasteiger partial charge in [0.25, 0.3) is 0 Å². The maximum Gasteiger partial charge on any atom is 0.229 e. The second kappa shape index (κ2) is 7.55. The Bertz CT molecular complexity index is 1090. The summed E-state index contributed by atoms with van der Waals surface area (Å²) in [5, 5.41) is 9.49. The predicted octanol–water partition coefficient (Wildman–Crippen LogP) is 5.47. The Kier molecular flexibility index (Phi) is 4.97. The molecule has 0 aliphatic carbocycles. The zero-order chi connectivity index (χ0) is 18.8. The first-order chi connectivity index (χ1) is 13.1. The zero-order valence-corrected chi connectivity index (χ0v) is 16.6. The molecule has 0 unspecified atom stereocenters. The number of rotatable bonds is 5. The van der Waals surface area contributed by atoms with E-state index in [1.165, 1.54) is 5.30 Å². The molecule has 4 rings (SSSR count). The van der Waals surface area contributed by atoms with E-state index in [9.17, 15) is 0 Å². The number of para-hydroxylation sites is 1. The fraction of sp³-hybridized carbons (Fsp3) is 0.100. The van der Waals surface area contributed by atoms with Crippen LogP contribution in [-0.4, -0.2) is 28.3 Å². The smallest absolute Gasteiger partial charge is 0.229 e. The van der Waals surface area contributed by atoms with E-state index in [-0.39, 0.29) is 7.92 Å². The first kappa shape index (κ1) is 17.8. The molecule has 5 nitrogen and oxygen atoms in total. The lowest BCUT2D eigenvalue weighted by atomic mass is 10.2. The summed E-state index contributed by atoms with van der Waals surface area (Å²) in [4.78, 5) is 12.1. The number of aromatic nitrogens is 3. The number of nitrogens with one attached hydrogen (secondary N) is 3. The maximum atomic E-state index is 6.34. The van der Waals surface area contributed by atoms with Crippen LogP contribution in [0.4, 0.5) is 23.1 Å². The third-order valence-corrected chi connectivity index (χ3v) is 5.85. The number of halogens is 1. The highest BCUT2D eigenvalue weighted by molar-refractivity contribution is 7.64. The van der Waals surface area contributed by atoms with Crippen molar-refractivity contribution < 1.29 is 0 Å². The van der Waals surface area contributed by atoms with E-state index < -0.39 is 0 Å². The van der Waals surface area contributed by atoms with Crippen LogP contribution in [-0.2, 0) is 0 Å². The highest BCUT2D eigenvalue weighted by Gasteiger charge is 2.11. The lowest BCUT2D eigenvalue weighted by Gasteiger charge is -2.15. The normalized spacial score (nSPS) is 11.1. The van der Waals surface area contributed by atoms with Crippen molar-refractivity contribution in [2.45, 2.75) is 0 Å². The van der Waals surface area contributed by atoms with E-state index in [2.05, 4.69) is 51.0 Å². The fourth-order valence-corrected chi connectivity index (χ4v) is 4.06. The van der Waals surface area contributed by atoms with E-state index in [1.807, 2.05) is 42.6 Å². The van der Waals surface area contributed by atoms with Gasteiger partial charge in [-0.25, -0.2) is 4.98 Å². The lowest BCUT2D eigenvalue weighted by Crippen LogP contribution is -2.09. The van der Waals surface area contributed by atoms with Gasteiger partial charge in [-0.2, -0.15) is 4.98 Å². The van der Waals surface area contributed by atoms with Crippen LogP contribution >= 0.6 is 19.5 Å². The quantitative estimate of drug-likeness (QED) is 0.392. The summed E-state index contributed by atoms with van der Waals surface area (Å²) in [6.45, 7) is 4.45. The van der Waals surface area contributed by atoms with Crippen molar-refractivity contribution in [3.63, 3.8) is 0 Å². The van der Waals surface area contributed by atoms with E-state index in [0.717, 1.165) is 22.3 Å². The van der Waals surface area contributed by atoms with Crippen LogP contribution in [0.5, 0.6) is 0 Å². The highest BCUT2D eigenvalue weighted by Crippen LogP contribution is 2.31. The molecule has 0 radical (unpaired) electrons. The first-order valence-corrected chi connectivity index (χ1v) is 11.1. The molecule has 4 aromatic rings. The number of fused-ring (bicyclic) bond motifs is 1. The summed E-state index contributed by atoms with van der Waals surface area (Å²) in [7, 11) is -0.252. The van der Waals surface area contributed by atoms with Crippen LogP contribution < -0.4 is 15.9 Å². The van der Waals surface area contributed by atoms with E-state index in [0.29, 0.717) is 16.8 Å². The minimum atomic E-state index is -0.252. The Hall–Kier alpha value is -2.62. The Balaban J connectivity index is 1.65. The second-order valence-corrected chi connectivity index (χ2v) is 8.97. The number of H-pyrrole nitrogens is 1. The molecule has 0 aliphatic rings. The molecule has 0 spiro atoms. The molecule has 7 heteroatoms. The Morgan fingerprint density at radius 3 is 2.63 bits per heavy atom. The summed E-state index contributed by atoms with van der Waals surface area (Å²) in [5.41, 5.74) is 3.02. The van der Waals surface area contributed by atoms with Crippen LogP contribution in [0.2, 0.25) is 5.02 Å². The molecular formula is C20H19ClN5P. The van der Waals surface area contributed by atoms with Crippen LogP contribution in [0.1, 0.15) is 0 Å². The number of hydrogen-bond acceptors (Lipinski definition) is 4. The van der Waals surface area contributed by atoms with Gasteiger partial charge in [-0.05, 0) is 42.9 Å². The van der Waals surface area contributed by atoms with Crippen molar-refractivity contribution in [3.05, 3.63) is 65.9 Å². The first-order valence-electron chi connectivity index (χ1n) is 8.51. The Morgan fingerprint density at radius 2 is 1.78 bits per heavy atom. The lowest BCUT2D eigenvalue weighted by molar-refractivity contribution is 1.17. The number of nitrogens with zero attached hydrogens (tertiary/aromatic N) is 2. The summed E-state index contributed by atoms with van der Waals surface area (Å²) in [6, 6.07) is 16.3. The number of hydrogen-bond donors (Lipinski definition) is 3. The van der Waals surface area contributed by atoms with E-state index in [1.54, 1.807) is 6.20 Å². The van der Waals surface area contributed by atoms with Gasteiger partial charge in [0, 0.05) is 22.8 Å². The molecule has 0 atom stereocenters. The molecule has 0 aliphatic heterocycles. The van der Waals surface area contributed by atoms with Gasteiger partial charge in [-0.1, -0.05) is 43.8 Å². The van der Waals surface area contributed by atoms with Crippen molar-refractivity contribution in [3.8, 4) is 0 Å². The molecule has 27 heavy (non-hydrogen) atoms. The van der Waals surface area contributed by atoms with Crippen LogP contribution in [0, 0.1) is 0 Å². The molecule has 136 valence electrons. The summed E-state index contributed by atoms with van der Waals surface area (Å²) < 4.78 is 0. The third-order valence-electron chi connectivity index (χ3n) is 4.22. The van der Waals surface area contributed by atoms with Gasteiger partial charge in [0.1, 0.15) is 5.02 Å². The topological polar surface area (TPSA) is 65.6 Å². The average molecular weight is 396 g/mol. The van der Waals surface area contributed by atoms with Crippen molar-refractivity contribution in [2.75, 3.05) is 24.0 Å². The minimum Gasteiger partial charge on any atom is -0.361 e. The molecule has 0 fully saturated rings. The van der Waals surface area contributed by atoms with Crippen molar-refractivity contribution in [2.24, 2.45) is 0 Å². The monoisotopic (exact) mass is 395 g/mol. The third kappa shape index (κ3) is 3.75. The van der Waals surface area contributed by atoms with Crippen LogP contribution in [0.25, 0.3) is 10.9 Å². The number of aromatic amines is 1. The second-order valence-electron chi connectivity index (χ2n) is 6.30. The van der Waals surface area contributed by atoms with Gasteiger partial charge < -0.3 is 15.6 Å². The average Bonchev–Trinajstić information content (AvgIpc) is 3.14. The number of anilines is 4. The van der Waals surface area contributed by atoms with Crippen molar-refractivity contribution >= 4 is 58.9 Å². The van der Waals surface area contributed by atoms with Gasteiger partial charge in [-0.3, -0.25) is 0 Å². The van der Waals surface area contributed by atoms with Gasteiger partial charge in [0.2, 0.25) is 5.95 Å². The van der Waals surface area contributed by atoms with E-state index in [4.69, 9.17) is 11.6 Å². The van der Waals surface area contributed by atoms with Crippen LogP contribution in [0.15, 0.2) is 60.9 Å². The van der Waals surface area contributed by atoms with Gasteiger partial charge in [0.15, 0.2) is 5.82 Å². The highest BCUT2D eigenvalue weighted by atomic mass is 35.5. The van der Waals surface area contributed by atoms with Gasteiger partial charge >= 0.3 is 0 Å².